The Morgan fingerprint density at radius 1 is 1.38 bits per heavy atom. The van der Waals surface area contributed by atoms with Gasteiger partial charge in [0.1, 0.15) is 5.82 Å². The van der Waals surface area contributed by atoms with Crippen LogP contribution in [0, 0.1) is 12.7 Å². The van der Waals surface area contributed by atoms with Crippen LogP contribution in [0.2, 0.25) is 0 Å². The number of nitrogens with zero attached hydrogens (tertiary/aromatic N) is 1. The number of likely N-dealkylation sites (tertiary alicyclic amines) is 1. The Labute approximate surface area is 124 Å². The summed E-state index contributed by atoms with van der Waals surface area (Å²) < 4.78 is 41.1. The first-order chi connectivity index (χ1) is 9.83. The van der Waals surface area contributed by atoms with Crippen molar-refractivity contribution in [3.8, 4) is 0 Å². The number of benzene rings is 1. The van der Waals surface area contributed by atoms with E-state index in [9.17, 15) is 12.8 Å². The average molecular weight is 316 g/mol. The molecule has 1 aromatic rings. The van der Waals surface area contributed by atoms with Crippen molar-refractivity contribution < 1.29 is 17.9 Å². The van der Waals surface area contributed by atoms with Crippen molar-refractivity contribution in [3.05, 3.63) is 29.1 Å². The Kier molecular flexibility index (Phi) is 4.98. The quantitative estimate of drug-likeness (QED) is 0.869. The van der Waals surface area contributed by atoms with Gasteiger partial charge in [0.15, 0.2) is 0 Å². The van der Waals surface area contributed by atoms with E-state index in [1.54, 1.807) is 0 Å². The molecule has 2 rings (SSSR count). The summed E-state index contributed by atoms with van der Waals surface area (Å²) in [5, 5.41) is 9.12. The SMILES string of the molecule is Cc1cc(S(=O)(=O)NC2CCN(C)CC2)cc(CO)c1F. The highest BCUT2D eigenvalue weighted by atomic mass is 32.2. The van der Waals surface area contributed by atoms with E-state index < -0.39 is 22.4 Å². The highest BCUT2D eigenvalue weighted by Gasteiger charge is 2.24. The maximum atomic E-state index is 13.7. The second-order valence-corrected chi connectivity index (χ2v) is 7.28. The van der Waals surface area contributed by atoms with Crippen molar-refractivity contribution in [1.29, 1.82) is 0 Å². The lowest BCUT2D eigenvalue weighted by Gasteiger charge is -2.29. The molecule has 1 aliphatic rings. The molecular weight excluding hydrogens is 295 g/mol. The van der Waals surface area contributed by atoms with E-state index in [4.69, 9.17) is 5.11 Å². The van der Waals surface area contributed by atoms with Gasteiger partial charge in [-0.3, -0.25) is 0 Å². The highest BCUT2D eigenvalue weighted by Crippen LogP contribution is 2.20. The lowest BCUT2D eigenvalue weighted by atomic mass is 10.1. The van der Waals surface area contributed by atoms with Crippen LogP contribution in [0.5, 0.6) is 0 Å². The number of rotatable bonds is 4. The molecule has 2 N–H and O–H groups in total. The van der Waals surface area contributed by atoms with Gasteiger partial charge in [0, 0.05) is 11.6 Å². The number of halogens is 1. The topological polar surface area (TPSA) is 69.6 Å². The molecule has 21 heavy (non-hydrogen) atoms. The standard InChI is InChI=1S/C14H21FN2O3S/c1-10-7-13(8-11(9-18)14(10)15)21(19,20)16-12-3-5-17(2)6-4-12/h7-8,12,16,18H,3-6,9H2,1-2H3. The van der Waals surface area contributed by atoms with Gasteiger partial charge in [-0.05, 0) is 57.6 Å². The van der Waals surface area contributed by atoms with Crippen LogP contribution in [0.15, 0.2) is 17.0 Å². The van der Waals surface area contributed by atoms with Gasteiger partial charge in [-0.15, -0.1) is 0 Å². The minimum Gasteiger partial charge on any atom is -0.392 e. The molecular formula is C14H21FN2O3S. The second-order valence-electron chi connectivity index (χ2n) is 5.57. The van der Waals surface area contributed by atoms with E-state index in [2.05, 4.69) is 9.62 Å². The molecule has 0 spiro atoms. The predicted molar refractivity (Wildman–Crippen MR) is 77.9 cm³/mol. The van der Waals surface area contributed by atoms with Gasteiger partial charge in [-0.2, -0.15) is 0 Å². The van der Waals surface area contributed by atoms with Crippen molar-refractivity contribution in [2.75, 3.05) is 20.1 Å². The van der Waals surface area contributed by atoms with Crippen molar-refractivity contribution in [2.24, 2.45) is 0 Å². The molecule has 1 saturated heterocycles. The van der Waals surface area contributed by atoms with Crippen LogP contribution in [-0.4, -0.2) is 44.6 Å². The molecule has 1 heterocycles. The fraction of sp³-hybridized carbons (Fsp3) is 0.571. The van der Waals surface area contributed by atoms with E-state index >= 15 is 0 Å². The number of aryl methyl sites for hydroxylation is 1. The summed E-state index contributed by atoms with van der Waals surface area (Å²) in [6.45, 7) is 2.66. The van der Waals surface area contributed by atoms with Gasteiger partial charge < -0.3 is 10.0 Å². The number of nitrogens with one attached hydrogen (secondary N) is 1. The first-order valence-corrected chi connectivity index (χ1v) is 8.42. The normalized spacial score (nSPS) is 18.1. The Morgan fingerprint density at radius 2 is 2.00 bits per heavy atom. The van der Waals surface area contributed by atoms with Crippen molar-refractivity contribution in [3.63, 3.8) is 0 Å². The van der Waals surface area contributed by atoms with Crippen LogP contribution in [-0.2, 0) is 16.6 Å². The molecule has 118 valence electrons. The molecule has 7 heteroatoms. The number of sulfonamides is 1. The molecule has 0 saturated carbocycles. The zero-order valence-corrected chi connectivity index (χ0v) is 13.1. The molecule has 1 aromatic carbocycles. The lowest BCUT2D eigenvalue weighted by molar-refractivity contribution is 0.248. The molecule has 0 bridgehead atoms. The molecule has 0 aliphatic carbocycles. The molecule has 0 atom stereocenters. The highest BCUT2D eigenvalue weighted by molar-refractivity contribution is 7.89. The molecule has 0 aromatic heterocycles. The Balaban J connectivity index is 2.21. The fourth-order valence-corrected chi connectivity index (χ4v) is 3.93. The lowest BCUT2D eigenvalue weighted by Crippen LogP contribution is -2.43. The van der Waals surface area contributed by atoms with E-state index in [0.29, 0.717) is 0 Å². The minimum atomic E-state index is -3.70. The van der Waals surface area contributed by atoms with Crippen LogP contribution in [0.1, 0.15) is 24.0 Å². The van der Waals surface area contributed by atoms with Gasteiger partial charge in [-0.1, -0.05) is 0 Å². The number of piperidine rings is 1. The minimum absolute atomic E-state index is 0.00116. The third-order valence-electron chi connectivity index (χ3n) is 3.82. The molecule has 0 unspecified atom stereocenters. The summed E-state index contributed by atoms with van der Waals surface area (Å²) in [6, 6.07) is 2.39. The van der Waals surface area contributed by atoms with Gasteiger partial charge in [0.25, 0.3) is 0 Å². The zero-order chi connectivity index (χ0) is 15.6. The van der Waals surface area contributed by atoms with Crippen molar-refractivity contribution in [2.45, 2.75) is 37.3 Å². The summed E-state index contributed by atoms with van der Waals surface area (Å²) in [5.41, 5.74) is 0.212. The van der Waals surface area contributed by atoms with E-state index in [1.165, 1.54) is 19.1 Å². The van der Waals surface area contributed by atoms with Gasteiger partial charge in [0.05, 0.1) is 11.5 Å². The van der Waals surface area contributed by atoms with E-state index in [-0.39, 0.29) is 22.1 Å². The largest absolute Gasteiger partial charge is 0.392 e. The summed E-state index contributed by atoms with van der Waals surface area (Å²) in [5.74, 6) is -0.559. The van der Waals surface area contributed by atoms with Gasteiger partial charge in [-0.25, -0.2) is 17.5 Å². The fourth-order valence-electron chi connectivity index (χ4n) is 2.49. The summed E-state index contributed by atoms with van der Waals surface area (Å²) in [7, 11) is -1.69. The Hall–Kier alpha value is -1.02. The number of hydrogen-bond donors (Lipinski definition) is 2. The van der Waals surface area contributed by atoms with Crippen LogP contribution in [0.25, 0.3) is 0 Å². The molecule has 1 aliphatic heterocycles. The zero-order valence-electron chi connectivity index (χ0n) is 12.3. The molecule has 0 amide bonds. The third kappa shape index (κ3) is 3.79. The maximum Gasteiger partial charge on any atom is 0.240 e. The number of aliphatic hydroxyl groups excluding tert-OH is 1. The third-order valence-corrected chi connectivity index (χ3v) is 5.32. The van der Waals surface area contributed by atoms with Crippen LogP contribution in [0.4, 0.5) is 4.39 Å². The summed E-state index contributed by atoms with van der Waals surface area (Å²) in [6.07, 6.45) is 1.51. The maximum absolute atomic E-state index is 13.7. The number of aliphatic hydroxyl groups is 1. The number of hydrogen-bond acceptors (Lipinski definition) is 4. The molecule has 1 fully saturated rings. The Morgan fingerprint density at radius 3 is 2.57 bits per heavy atom. The summed E-state index contributed by atoms with van der Waals surface area (Å²) in [4.78, 5) is 2.15. The summed E-state index contributed by atoms with van der Waals surface area (Å²) >= 11 is 0. The monoisotopic (exact) mass is 316 g/mol. The van der Waals surface area contributed by atoms with Crippen molar-refractivity contribution in [1.82, 2.24) is 9.62 Å². The van der Waals surface area contributed by atoms with Crippen LogP contribution >= 0.6 is 0 Å². The van der Waals surface area contributed by atoms with Gasteiger partial charge >= 0.3 is 0 Å². The Bertz CT molecular complexity index is 611. The molecule has 0 radical (unpaired) electrons. The predicted octanol–water partition coefficient (Wildman–Crippen LogP) is 0.999. The second kappa shape index (κ2) is 6.39. The van der Waals surface area contributed by atoms with Crippen molar-refractivity contribution >= 4 is 10.0 Å². The first kappa shape index (κ1) is 16.4. The molecule has 5 nitrogen and oxygen atoms in total. The first-order valence-electron chi connectivity index (χ1n) is 6.94. The van der Waals surface area contributed by atoms with Crippen LogP contribution in [0.3, 0.4) is 0 Å². The van der Waals surface area contributed by atoms with Crippen LogP contribution < -0.4 is 4.72 Å². The van der Waals surface area contributed by atoms with E-state index in [0.717, 1.165) is 25.9 Å². The van der Waals surface area contributed by atoms with E-state index in [1.807, 2.05) is 7.05 Å². The van der Waals surface area contributed by atoms with Gasteiger partial charge in [0.2, 0.25) is 10.0 Å². The average Bonchev–Trinajstić information content (AvgIpc) is 2.44. The smallest absolute Gasteiger partial charge is 0.240 e.